The number of phenols is 1. The maximum atomic E-state index is 9.41. The van der Waals surface area contributed by atoms with Gasteiger partial charge in [-0.3, -0.25) is 0 Å². The highest BCUT2D eigenvalue weighted by Gasteiger charge is 2.02. The number of phenolic OH excluding ortho intramolecular Hbond substituents is 1. The number of hydrogen-bond donors (Lipinski definition) is 1. The monoisotopic (exact) mass is 255 g/mol. The van der Waals surface area contributed by atoms with Crippen LogP contribution in [-0.2, 0) is 0 Å². The molecule has 1 N–H and O–H groups in total. The molecule has 0 heterocycles. The number of allylic oxidation sites excluding steroid dienone is 1. The summed E-state index contributed by atoms with van der Waals surface area (Å²) < 4.78 is 0. The average Bonchev–Trinajstić information content (AvgIpc) is 2.38. The highest BCUT2D eigenvalue weighted by Crippen LogP contribution is 2.21. The van der Waals surface area contributed by atoms with E-state index in [1.54, 1.807) is 42.5 Å². The second-order valence-electron chi connectivity index (χ2n) is 3.77. The quantitative estimate of drug-likeness (QED) is 0.648. The Morgan fingerprint density at radius 3 is 2.50 bits per heavy atom. The molecule has 0 fully saturated rings. The van der Waals surface area contributed by atoms with Crippen LogP contribution >= 0.6 is 11.6 Å². The Kier molecular flexibility index (Phi) is 3.66. The van der Waals surface area contributed by atoms with Crippen LogP contribution in [0.5, 0.6) is 5.75 Å². The summed E-state index contributed by atoms with van der Waals surface area (Å²) in [6, 6.07) is 16.0. The molecule has 0 amide bonds. The average molecular weight is 256 g/mol. The molecule has 2 aromatic rings. The molecule has 0 bridgehead atoms. The van der Waals surface area contributed by atoms with Crippen molar-refractivity contribution < 1.29 is 5.11 Å². The number of nitriles is 1. The van der Waals surface area contributed by atoms with E-state index in [1.165, 1.54) is 0 Å². The second-order valence-corrected chi connectivity index (χ2v) is 4.21. The van der Waals surface area contributed by atoms with E-state index >= 15 is 0 Å². The third kappa shape index (κ3) is 2.91. The second kappa shape index (κ2) is 5.39. The molecule has 0 saturated carbocycles. The zero-order chi connectivity index (χ0) is 13.0. The fourth-order valence-electron chi connectivity index (χ4n) is 1.58. The van der Waals surface area contributed by atoms with Crippen molar-refractivity contribution in [3.05, 3.63) is 64.7 Å². The molecule has 0 saturated heterocycles. The lowest BCUT2D eigenvalue weighted by atomic mass is 10.0. The summed E-state index contributed by atoms with van der Waals surface area (Å²) in [7, 11) is 0. The Morgan fingerprint density at radius 1 is 1.17 bits per heavy atom. The normalized spacial score (nSPS) is 11.0. The van der Waals surface area contributed by atoms with E-state index < -0.39 is 0 Å². The maximum absolute atomic E-state index is 9.41. The number of hydrogen-bond acceptors (Lipinski definition) is 2. The molecule has 0 aliphatic carbocycles. The number of benzene rings is 2. The van der Waals surface area contributed by atoms with Gasteiger partial charge in [-0.15, -0.1) is 0 Å². The third-order valence-electron chi connectivity index (χ3n) is 2.46. The summed E-state index contributed by atoms with van der Waals surface area (Å²) in [6.45, 7) is 0. The highest BCUT2D eigenvalue weighted by atomic mass is 35.5. The van der Waals surface area contributed by atoms with Gasteiger partial charge in [0.15, 0.2) is 0 Å². The number of nitrogens with zero attached hydrogens (tertiary/aromatic N) is 1. The summed E-state index contributed by atoms with van der Waals surface area (Å²) in [5.41, 5.74) is 2.07. The molecule has 0 radical (unpaired) electrons. The topological polar surface area (TPSA) is 44.0 Å². The van der Waals surface area contributed by atoms with Crippen LogP contribution < -0.4 is 0 Å². The molecule has 0 atom stereocenters. The molecule has 2 nitrogen and oxygen atoms in total. The molecular weight excluding hydrogens is 246 g/mol. The summed E-state index contributed by atoms with van der Waals surface area (Å²) >= 11 is 5.80. The summed E-state index contributed by atoms with van der Waals surface area (Å²) in [4.78, 5) is 0. The minimum absolute atomic E-state index is 0.143. The molecule has 0 aliphatic heterocycles. The zero-order valence-corrected chi connectivity index (χ0v) is 10.2. The number of aromatic hydroxyl groups is 1. The minimum Gasteiger partial charge on any atom is -0.508 e. The van der Waals surface area contributed by atoms with Crippen LogP contribution in [0.2, 0.25) is 5.02 Å². The molecule has 2 aromatic carbocycles. The minimum atomic E-state index is 0.143. The van der Waals surface area contributed by atoms with Crippen molar-refractivity contribution >= 4 is 23.3 Å². The van der Waals surface area contributed by atoms with Gasteiger partial charge in [0.2, 0.25) is 0 Å². The standard InChI is InChI=1S/C15H10ClNO/c16-14-6-4-11(5-7-14)8-13(10-17)12-2-1-3-15(18)9-12/h1-9,18H/b13-8-. The first-order chi connectivity index (χ1) is 8.69. The molecule has 0 aromatic heterocycles. The summed E-state index contributed by atoms with van der Waals surface area (Å²) in [5, 5.41) is 19.2. The number of halogens is 1. The first-order valence-electron chi connectivity index (χ1n) is 5.36. The van der Waals surface area contributed by atoms with Gasteiger partial charge in [-0.2, -0.15) is 5.26 Å². The van der Waals surface area contributed by atoms with E-state index in [2.05, 4.69) is 6.07 Å². The van der Waals surface area contributed by atoms with Crippen molar-refractivity contribution in [2.24, 2.45) is 0 Å². The molecule has 0 aliphatic rings. The van der Waals surface area contributed by atoms with Crippen LogP contribution in [0.25, 0.3) is 11.6 Å². The van der Waals surface area contributed by atoms with Crippen molar-refractivity contribution in [2.75, 3.05) is 0 Å². The van der Waals surface area contributed by atoms with Crippen molar-refractivity contribution in [2.45, 2.75) is 0 Å². The van der Waals surface area contributed by atoms with Crippen molar-refractivity contribution in [1.82, 2.24) is 0 Å². The third-order valence-corrected chi connectivity index (χ3v) is 2.71. The SMILES string of the molecule is N#C/C(=C/c1ccc(Cl)cc1)c1cccc(O)c1. The van der Waals surface area contributed by atoms with Gasteiger partial charge in [-0.05, 0) is 41.5 Å². The van der Waals surface area contributed by atoms with E-state index in [9.17, 15) is 5.11 Å². The molecule has 3 heteroatoms. The van der Waals surface area contributed by atoms with Gasteiger partial charge in [0.25, 0.3) is 0 Å². The fourth-order valence-corrected chi connectivity index (χ4v) is 1.71. The van der Waals surface area contributed by atoms with E-state index in [0.717, 1.165) is 5.56 Å². The van der Waals surface area contributed by atoms with Crippen LogP contribution in [0.1, 0.15) is 11.1 Å². The predicted molar refractivity (Wildman–Crippen MR) is 73.0 cm³/mol. The van der Waals surface area contributed by atoms with Gasteiger partial charge >= 0.3 is 0 Å². The van der Waals surface area contributed by atoms with Gasteiger partial charge in [-0.25, -0.2) is 0 Å². The lowest BCUT2D eigenvalue weighted by Crippen LogP contribution is -1.81. The Balaban J connectivity index is 2.40. The Labute approximate surface area is 110 Å². The first kappa shape index (κ1) is 12.2. The Morgan fingerprint density at radius 2 is 1.89 bits per heavy atom. The van der Waals surface area contributed by atoms with Crippen LogP contribution in [-0.4, -0.2) is 5.11 Å². The lowest BCUT2D eigenvalue weighted by molar-refractivity contribution is 0.475. The van der Waals surface area contributed by atoms with Crippen molar-refractivity contribution in [1.29, 1.82) is 5.26 Å². The largest absolute Gasteiger partial charge is 0.508 e. The summed E-state index contributed by atoms with van der Waals surface area (Å²) in [6.07, 6.45) is 1.76. The molecule has 2 rings (SSSR count). The van der Waals surface area contributed by atoms with E-state index in [0.29, 0.717) is 16.2 Å². The molecule has 18 heavy (non-hydrogen) atoms. The lowest BCUT2D eigenvalue weighted by Gasteiger charge is -2.01. The van der Waals surface area contributed by atoms with Gasteiger partial charge in [0.1, 0.15) is 5.75 Å². The van der Waals surface area contributed by atoms with Gasteiger partial charge in [0.05, 0.1) is 11.6 Å². The van der Waals surface area contributed by atoms with E-state index in [1.807, 2.05) is 12.1 Å². The highest BCUT2D eigenvalue weighted by molar-refractivity contribution is 6.30. The first-order valence-corrected chi connectivity index (χ1v) is 5.73. The van der Waals surface area contributed by atoms with Crippen molar-refractivity contribution in [3.63, 3.8) is 0 Å². The van der Waals surface area contributed by atoms with Gasteiger partial charge < -0.3 is 5.11 Å². The summed E-state index contributed by atoms with van der Waals surface area (Å²) in [5.74, 6) is 0.143. The van der Waals surface area contributed by atoms with Crippen molar-refractivity contribution in [3.8, 4) is 11.8 Å². The Hall–Kier alpha value is -2.24. The smallest absolute Gasteiger partial charge is 0.116 e. The van der Waals surface area contributed by atoms with Crippen LogP contribution in [0, 0.1) is 11.3 Å². The van der Waals surface area contributed by atoms with E-state index in [-0.39, 0.29) is 5.75 Å². The Bertz CT molecular complexity index is 624. The van der Waals surface area contributed by atoms with Crippen LogP contribution in [0.4, 0.5) is 0 Å². The molecular formula is C15H10ClNO. The van der Waals surface area contributed by atoms with E-state index in [4.69, 9.17) is 16.9 Å². The molecule has 0 spiro atoms. The molecule has 0 unspecified atom stereocenters. The predicted octanol–water partition coefficient (Wildman–Crippen LogP) is 4.11. The zero-order valence-electron chi connectivity index (χ0n) is 9.47. The van der Waals surface area contributed by atoms with Crippen LogP contribution in [0.15, 0.2) is 48.5 Å². The van der Waals surface area contributed by atoms with Crippen LogP contribution in [0.3, 0.4) is 0 Å². The van der Waals surface area contributed by atoms with Gasteiger partial charge in [-0.1, -0.05) is 35.9 Å². The van der Waals surface area contributed by atoms with Gasteiger partial charge in [0, 0.05) is 5.02 Å². The molecule has 88 valence electrons. The maximum Gasteiger partial charge on any atom is 0.116 e. The number of rotatable bonds is 2. The fraction of sp³-hybridized carbons (Fsp3) is 0.